The van der Waals surface area contributed by atoms with Crippen molar-refractivity contribution in [3.63, 3.8) is 0 Å². The Bertz CT molecular complexity index is 654. The molecule has 1 aromatic carbocycles. The summed E-state index contributed by atoms with van der Waals surface area (Å²) in [7, 11) is 0. The molecule has 0 radical (unpaired) electrons. The smallest absolute Gasteiger partial charge is 0.315 e. The molecule has 0 fully saturated rings. The van der Waals surface area contributed by atoms with E-state index < -0.39 is 0 Å². The van der Waals surface area contributed by atoms with E-state index in [0.717, 1.165) is 5.69 Å². The zero-order valence-electron chi connectivity index (χ0n) is 14.4. The van der Waals surface area contributed by atoms with Crippen molar-refractivity contribution in [2.24, 2.45) is 5.41 Å². The molecule has 2 amide bonds. The minimum Gasteiger partial charge on any atom is -0.396 e. The zero-order chi connectivity index (χ0) is 17.6. The van der Waals surface area contributed by atoms with E-state index in [-0.39, 0.29) is 24.1 Å². The van der Waals surface area contributed by atoms with E-state index in [4.69, 9.17) is 5.11 Å². The van der Waals surface area contributed by atoms with E-state index in [2.05, 4.69) is 20.9 Å². The number of hydrogen-bond acceptors (Lipinski definition) is 4. The standard InChI is InChI=1S/C17H25N5O2/c1-13(19-16(24)18-12-17(2,3)9-10-23)15-11-22(21-20-15)14-7-5-4-6-8-14/h4-8,11,13,23H,9-10,12H2,1-3H3,(H2,18,19,24). The Hall–Kier alpha value is -2.41. The molecular formula is C17H25N5O2. The van der Waals surface area contributed by atoms with Crippen LogP contribution < -0.4 is 10.6 Å². The van der Waals surface area contributed by atoms with Crippen LogP contribution in [-0.2, 0) is 0 Å². The molecule has 1 unspecified atom stereocenters. The summed E-state index contributed by atoms with van der Waals surface area (Å²) < 4.78 is 1.68. The van der Waals surface area contributed by atoms with Crippen molar-refractivity contribution in [1.29, 1.82) is 0 Å². The van der Waals surface area contributed by atoms with Gasteiger partial charge < -0.3 is 15.7 Å². The minimum absolute atomic E-state index is 0.106. The van der Waals surface area contributed by atoms with Gasteiger partial charge in [-0.25, -0.2) is 9.48 Å². The zero-order valence-corrected chi connectivity index (χ0v) is 14.4. The molecule has 0 saturated heterocycles. The van der Waals surface area contributed by atoms with Crippen LogP contribution in [0.1, 0.15) is 38.9 Å². The van der Waals surface area contributed by atoms with E-state index >= 15 is 0 Å². The van der Waals surface area contributed by atoms with Crippen molar-refractivity contribution >= 4 is 6.03 Å². The third kappa shape index (κ3) is 5.06. The van der Waals surface area contributed by atoms with Gasteiger partial charge in [-0.3, -0.25) is 0 Å². The van der Waals surface area contributed by atoms with E-state index in [1.54, 1.807) is 10.9 Å². The predicted octanol–water partition coefficient (Wildman–Crippen LogP) is 2.04. The van der Waals surface area contributed by atoms with Gasteiger partial charge in [0.25, 0.3) is 0 Å². The number of carbonyl (C=O) groups excluding carboxylic acids is 1. The van der Waals surface area contributed by atoms with Crippen molar-refractivity contribution in [2.75, 3.05) is 13.2 Å². The number of para-hydroxylation sites is 1. The summed E-state index contributed by atoms with van der Waals surface area (Å²) in [5, 5.41) is 22.9. The molecule has 1 aromatic heterocycles. The molecule has 2 rings (SSSR count). The second-order valence-corrected chi connectivity index (χ2v) is 6.61. The Labute approximate surface area is 142 Å². The number of aromatic nitrogens is 3. The second-order valence-electron chi connectivity index (χ2n) is 6.61. The Morgan fingerprint density at radius 1 is 1.33 bits per heavy atom. The maximum atomic E-state index is 12.0. The summed E-state index contributed by atoms with van der Waals surface area (Å²) in [4.78, 5) is 12.0. The van der Waals surface area contributed by atoms with E-state index in [1.165, 1.54) is 0 Å². The van der Waals surface area contributed by atoms with Crippen LogP contribution in [0.5, 0.6) is 0 Å². The summed E-state index contributed by atoms with van der Waals surface area (Å²) in [6.45, 7) is 6.45. The van der Waals surface area contributed by atoms with Crippen LogP contribution in [-0.4, -0.2) is 39.3 Å². The summed E-state index contributed by atoms with van der Waals surface area (Å²) in [6.07, 6.45) is 2.43. The molecule has 0 spiro atoms. The Morgan fingerprint density at radius 2 is 2.04 bits per heavy atom. The molecule has 2 aromatic rings. The van der Waals surface area contributed by atoms with Gasteiger partial charge in [0.05, 0.1) is 17.9 Å². The van der Waals surface area contributed by atoms with Crippen molar-refractivity contribution in [3.05, 3.63) is 42.2 Å². The second kappa shape index (κ2) is 7.92. The summed E-state index contributed by atoms with van der Waals surface area (Å²) >= 11 is 0. The molecule has 1 heterocycles. The van der Waals surface area contributed by atoms with Gasteiger partial charge in [0, 0.05) is 13.2 Å². The molecule has 1 atom stereocenters. The Kier molecular flexibility index (Phi) is 5.92. The highest BCUT2D eigenvalue weighted by atomic mass is 16.3. The first-order valence-electron chi connectivity index (χ1n) is 8.04. The van der Waals surface area contributed by atoms with Gasteiger partial charge >= 0.3 is 6.03 Å². The number of aliphatic hydroxyl groups is 1. The summed E-state index contributed by atoms with van der Waals surface area (Å²) in [5.74, 6) is 0. The monoisotopic (exact) mass is 331 g/mol. The lowest BCUT2D eigenvalue weighted by molar-refractivity contribution is 0.200. The average molecular weight is 331 g/mol. The number of rotatable bonds is 7. The fraction of sp³-hybridized carbons (Fsp3) is 0.471. The molecule has 0 bridgehead atoms. The molecule has 130 valence electrons. The SMILES string of the molecule is CC(NC(=O)NCC(C)(C)CCO)c1cn(-c2ccccc2)nn1. The number of hydrogen-bond donors (Lipinski definition) is 3. The molecule has 0 aliphatic heterocycles. The number of nitrogens with zero attached hydrogens (tertiary/aromatic N) is 3. The van der Waals surface area contributed by atoms with Crippen LogP contribution in [0.25, 0.3) is 5.69 Å². The lowest BCUT2D eigenvalue weighted by atomic mass is 9.90. The van der Waals surface area contributed by atoms with Crippen LogP contribution in [0.4, 0.5) is 4.79 Å². The first kappa shape index (κ1) is 17.9. The number of amides is 2. The van der Waals surface area contributed by atoms with Crippen LogP contribution >= 0.6 is 0 Å². The minimum atomic E-state index is -0.261. The highest BCUT2D eigenvalue weighted by Crippen LogP contribution is 2.18. The first-order valence-corrected chi connectivity index (χ1v) is 8.04. The predicted molar refractivity (Wildman–Crippen MR) is 91.8 cm³/mol. The molecule has 0 aliphatic carbocycles. The van der Waals surface area contributed by atoms with Crippen molar-refractivity contribution in [1.82, 2.24) is 25.6 Å². The fourth-order valence-corrected chi connectivity index (χ4v) is 2.21. The number of urea groups is 1. The quantitative estimate of drug-likeness (QED) is 0.724. The summed E-state index contributed by atoms with van der Waals surface area (Å²) in [6, 6.07) is 9.15. The molecular weight excluding hydrogens is 306 g/mol. The number of aliphatic hydroxyl groups excluding tert-OH is 1. The maximum Gasteiger partial charge on any atom is 0.315 e. The topological polar surface area (TPSA) is 92.1 Å². The van der Waals surface area contributed by atoms with E-state index in [0.29, 0.717) is 18.7 Å². The molecule has 24 heavy (non-hydrogen) atoms. The van der Waals surface area contributed by atoms with Gasteiger partial charge in [-0.15, -0.1) is 5.10 Å². The van der Waals surface area contributed by atoms with Crippen LogP contribution in [0.3, 0.4) is 0 Å². The van der Waals surface area contributed by atoms with Gasteiger partial charge in [-0.1, -0.05) is 37.3 Å². The maximum absolute atomic E-state index is 12.0. The number of nitrogens with one attached hydrogen (secondary N) is 2. The molecule has 0 saturated carbocycles. The first-order chi connectivity index (χ1) is 11.4. The fourth-order valence-electron chi connectivity index (χ4n) is 2.21. The highest BCUT2D eigenvalue weighted by molar-refractivity contribution is 5.74. The van der Waals surface area contributed by atoms with Gasteiger partial charge in [-0.05, 0) is 30.9 Å². The average Bonchev–Trinajstić information content (AvgIpc) is 3.04. The summed E-state index contributed by atoms with van der Waals surface area (Å²) in [5.41, 5.74) is 1.45. The number of carbonyl (C=O) groups is 1. The van der Waals surface area contributed by atoms with Gasteiger partial charge in [-0.2, -0.15) is 0 Å². The largest absolute Gasteiger partial charge is 0.396 e. The van der Waals surface area contributed by atoms with Crippen molar-refractivity contribution in [3.8, 4) is 5.69 Å². The van der Waals surface area contributed by atoms with Crippen LogP contribution in [0.15, 0.2) is 36.5 Å². The van der Waals surface area contributed by atoms with Crippen molar-refractivity contribution in [2.45, 2.75) is 33.2 Å². The lowest BCUT2D eigenvalue weighted by Gasteiger charge is -2.24. The van der Waals surface area contributed by atoms with E-state index in [9.17, 15) is 4.79 Å². The highest BCUT2D eigenvalue weighted by Gasteiger charge is 2.19. The van der Waals surface area contributed by atoms with Gasteiger partial charge in [0.1, 0.15) is 5.69 Å². The third-order valence-corrected chi connectivity index (χ3v) is 3.84. The third-order valence-electron chi connectivity index (χ3n) is 3.84. The normalized spacial score (nSPS) is 12.7. The Balaban J connectivity index is 1.89. The van der Waals surface area contributed by atoms with Crippen molar-refractivity contribution < 1.29 is 9.90 Å². The molecule has 7 heteroatoms. The van der Waals surface area contributed by atoms with Crippen LogP contribution in [0, 0.1) is 5.41 Å². The lowest BCUT2D eigenvalue weighted by Crippen LogP contribution is -2.42. The van der Waals surface area contributed by atoms with Gasteiger partial charge in [0.2, 0.25) is 0 Å². The molecule has 3 N–H and O–H groups in total. The van der Waals surface area contributed by atoms with Gasteiger partial charge in [0.15, 0.2) is 0 Å². The molecule has 7 nitrogen and oxygen atoms in total. The van der Waals surface area contributed by atoms with E-state index in [1.807, 2.05) is 51.1 Å². The molecule has 0 aliphatic rings. The number of benzene rings is 1. The van der Waals surface area contributed by atoms with Crippen LogP contribution in [0.2, 0.25) is 0 Å². The Morgan fingerprint density at radius 3 is 2.71 bits per heavy atom.